The summed E-state index contributed by atoms with van der Waals surface area (Å²) in [6.45, 7) is 2.47. The lowest BCUT2D eigenvalue weighted by atomic mass is 9.86. The number of methoxy groups -OCH3 is 1. The number of ether oxygens (including phenoxy) is 2. The van der Waals surface area contributed by atoms with Crippen molar-refractivity contribution < 1.29 is 29.0 Å². The Labute approximate surface area is 192 Å². The topological polar surface area (TPSA) is 105 Å². The Hall–Kier alpha value is -3.39. The van der Waals surface area contributed by atoms with E-state index in [1.54, 1.807) is 6.92 Å². The summed E-state index contributed by atoms with van der Waals surface area (Å²) in [4.78, 5) is 38.0. The summed E-state index contributed by atoms with van der Waals surface area (Å²) in [5, 5.41) is 11.7. The minimum absolute atomic E-state index is 0.00131. The lowest BCUT2D eigenvalue weighted by molar-refractivity contribution is -0.151. The van der Waals surface area contributed by atoms with Crippen molar-refractivity contribution in [1.29, 1.82) is 0 Å². The molecule has 8 heteroatoms. The zero-order valence-electron chi connectivity index (χ0n) is 18.7. The number of carbonyl (C=O) groups excluding carboxylic acids is 2. The van der Waals surface area contributed by atoms with Crippen molar-refractivity contribution >= 4 is 18.0 Å². The van der Waals surface area contributed by atoms with Gasteiger partial charge in [0, 0.05) is 32.0 Å². The highest BCUT2D eigenvalue weighted by atomic mass is 16.5. The van der Waals surface area contributed by atoms with Crippen molar-refractivity contribution in [3.05, 3.63) is 59.7 Å². The molecule has 1 saturated heterocycles. The van der Waals surface area contributed by atoms with Gasteiger partial charge in [-0.25, -0.2) is 4.79 Å². The molecule has 0 spiro atoms. The molecule has 2 unspecified atom stereocenters. The molecular formula is C25H28N2O6. The lowest BCUT2D eigenvalue weighted by Gasteiger charge is -2.42. The number of benzene rings is 2. The Morgan fingerprint density at radius 2 is 1.64 bits per heavy atom. The summed E-state index contributed by atoms with van der Waals surface area (Å²) >= 11 is 0. The quantitative estimate of drug-likeness (QED) is 0.638. The van der Waals surface area contributed by atoms with E-state index in [9.17, 15) is 14.4 Å². The van der Waals surface area contributed by atoms with Crippen molar-refractivity contribution in [3.8, 4) is 11.1 Å². The molecule has 174 valence electrons. The summed E-state index contributed by atoms with van der Waals surface area (Å²) < 4.78 is 10.7. The Bertz CT molecular complexity index is 1000. The van der Waals surface area contributed by atoms with Crippen LogP contribution in [0.15, 0.2) is 48.5 Å². The molecule has 2 aliphatic rings. The van der Waals surface area contributed by atoms with Crippen LogP contribution in [0.4, 0.5) is 4.79 Å². The summed E-state index contributed by atoms with van der Waals surface area (Å²) in [6.07, 6.45) is -0.691. The third-order valence-electron chi connectivity index (χ3n) is 6.59. The van der Waals surface area contributed by atoms with Gasteiger partial charge in [0.05, 0.1) is 12.5 Å². The number of hydrogen-bond donors (Lipinski definition) is 2. The molecule has 1 fully saturated rings. The van der Waals surface area contributed by atoms with Gasteiger partial charge in [-0.3, -0.25) is 9.59 Å². The molecule has 2 N–H and O–H groups in total. The van der Waals surface area contributed by atoms with Gasteiger partial charge in [-0.05, 0) is 22.3 Å². The predicted octanol–water partition coefficient (Wildman–Crippen LogP) is 2.72. The van der Waals surface area contributed by atoms with Gasteiger partial charge < -0.3 is 24.8 Å². The van der Waals surface area contributed by atoms with Gasteiger partial charge in [0.25, 0.3) is 0 Å². The van der Waals surface area contributed by atoms with Crippen molar-refractivity contribution in [2.75, 3.05) is 33.4 Å². The fourth-order valence-electron chi connectivity index (χ4n) is 4.55. The van der Waals surface area contributed by atoms with Crippen LogP contribution in [-0.2, 0) is 19.1 Å². The van der Waals surface area contributed by atoms with Gasteiger partial charge in [0.1, 0.15) is 12.6 Å². The third kappa shape index (κ3) is 4.57. The molecule has 8 nitrogen and oxygen atoms in total. The summed E-state index contributed by atoms with van der Waals surface area (Å²) in [7, 11) is 1.45. The van der Waals surface area contributed by atoms with Gasteiger partial charge in [-0.1, -0.05) is 55.5 Å². The van der Waals surface area contributed by atoms with Crippen LogP contribution in [0.3, 0.4) is 0 Å². The number of carboxylic acids is 1. The number of amides is 2. The normalized spacial score (nSPS) is 16.8. The molecule has 2 amide bonds. The van der Waals surface area contributed by atoms with Crippen molar-refractivity contribution in [1.82, 2.24) is 10.2 Å². The summed E-state index contributed by atoms with van der Waals surface area (Å²) in [5.74, 6) is -1.88. The Kier molecular flexibility index (Phi) is 6.65. The first-order valence-corrected chi connectivity index (χ1v) is 11.0. The van der Waals surface area contributed by atoms with Crippen LogP contribution in [-0.4, -0.2) is 67.4 Å². The molecule has 0 saturated carbocycles. The van der Waals surface area contributed by atoms with Crippen molar-refractivity contribution in [2.24, 2.45) is 11.8 Å². The highest BCUT2D eigenvalue weighted by Gasteiger charge is 2.40. The number of rotatable bonds is 8. The number of alkyl carbamates (subject to hydrolysis) is 1. The van der Waals surface area contributed by atoms with Gasteiger partial charge >= 0.3 is 12.1 Å². The van der Waals surface area contributed by atoms with Crippen LogP contribution in [0.2, 0.25) is 0 Å². The van der Waals surface area contributed by atoms with Gasteiger partial charge in [-0.2, -0.15) is 0 Å². The zero-order chi connectivity index (χ0) is 23.5. The van der Waals surface area contributed by atoms with E-state index in [-0.39, 0.29) is 31.0 Å². The van der Waals surface area contributed by atoms with E-state index >= 15 is 0 Å². The molecule has 0 radical (unpaired) electrons. The summed E-state index contributed by atoms with van der Waals surface area (Å²) in [5.41, 5.74) is 4.49. The van der Waals surface area contributed by atoms with Gasteiger partial charge in [-0.15, -0.1) is 0 Å². The second-order valence-electron chi connectivity index (χ2n) is 8.61. The van der Waals surface area contributed by atoms with Crippen LogP contribution < -0.4 is 5.32 Å². The third-order valence-corrected chi connectivity index (χ3v) is 6.59. The standard InChI is InChI=1S/C25H28N2O6/c1-15(24(29)30)16-11-27(12-16)23(28)22(14-32-2)26-25(31)33-13-21-19-9-5-3-7-17(19)18-8-4-6-10-20(18)21/h3-10,15-16,21-22H,11-14H2,1-2H3,(H,26,31)(H,29,30). The van der Waals surface area contributed by atoms with Crippen LogP contribution in [0.25, 0.3) is 11.1 Å². The Morgan fingerprint density at radius 1 is 1.06 bits per heavy atom. The van der Waals surface area contributed by atoms with E-state index in [2.05, 4.69) is 17.4 Å². The predicted molar refractivity (Wildman–Crippen MR) is 121 cm³/mol. The number of carbonyl (C=O) groups is 3. The minimum Gasteiger partial charge on any atom is -0.481 e. The number of carboxylic acid groups (broad SMARTS) is 1. The molecular weight excluding hydrogens is 424 g/mol. The highest BCUT2D eigenvalue weighted by molar-refractivity contribution is 5.87. The Morgan fingerprint density at radius 3 is 2.18 bits per heavy atom. The zero-order valence-corrected chi connectivity index (χ0v) is 18.7. The average molecular weight is 453 g/mol. The molecule has 1 aliphatic heterocycles. The fourth-order valence-corrected chi connectivity index (χ4v) is 4.55. The Balaban J connectivity index is 1.36. The number of likely N-dealkylation sites (tertiary alicyclic amines) is 1. The number of fused-ring (bicyclic) bond motifs is 3. The monoisotopic (exact) mass is 452 g/mol. The second-order valence-corrected chi connectivity index (χ2v) is 8.61. The van der Waals surface area contributed by atoms with Crippen LogP contribution in [0, 0.1) is 11.8 Å². The molecule has 0 aromatic heterocycles. The SMILES string of the molecule is COCC(NC(=O)OCC1c2ccccc2-c2ccccc21)C(=O)N1CC(C(C)C(=O)O)C1. The van der Waals surface area contributed by atoms with E-state index in [0.29, 0.717) is 13.1 Å². The van der Waals surface area contributed by atoms with E-state index < -0.39 is 24.0 Å². The first kappa shape index (κ1) is 22.8. The molecule has 0 bridgehead atoms. The van der Waals surface area contributed by atoms with Gasteiger partial charge in [0.2, 0.25) is 5.91 Å². The van der Waals surface area contributed by atoms with E-state index in [4.69, 9.17) is 14.6 Å². The number of aliphatic carboxylic acids is 1. The van der Waals surface area contributed by atoms with E-state index in [0.717, 1.165) is 22.3 Å². The van der Waals surface area contributed by atoms with Gasteiger partial charge in [0.15, 0.2) is 0 Å². The molecule has 1 heterocycles. The molecule has 1 aliphatic carbocycles. The minimum atomic E-state index is -0.897. The smallest absolute Gasteiger partial charge is 0.407 e. The lowest BCUT2D eigenvalue weighted by Crippen LogP contribution is -2.60. The largest absolute Gasteiger partial charge is 0.481 e. The fraction of sp³-hybridized carbons (Fsp3) is 0.400. The first-order valence-electron chi connectivity index (χ1n) is 11.0. The number of hydrogen-bond acceptors (Lipinski definition) is 5. The second kappa shape index (κ2) is 9.62. The highest BCUT2D eigenvalue weighted by Crippen LogP contribution is 2.44. The molecule has 2 atom stereocenters. The number of nitrogens with zero attached hydrogens (tertiary/aromatic N) is 1. The average Bonchev–Trinajstić information content (AvgIpc) is 3.10. The van der Waals surface area contributed by atoms with Crippen LogP contribution in [0.5, 0.6) is 0 Å². The number of nitrogens with one attached hydrogen (secondary N) is 1. The maximum absolute atomic E-state index is 12.8. The molecule has 33 heavy (non-hydrogen) atoms. The maximum Gasteiger partial charge on any atom is 0.407 e. The van der Waals surface area contributed by atoms with E-state index in [1.807, 2.05) is 36.4 Å². The molecule has 4 rings (SSSR count). The van der Waals surface area contributed by atoms with Crippen LogP contribution >= 0.6 is 0 Å². The van der Waals surface area contributed by atoms with E-state index in [1.165, 1.54) is 12.0 Å². The molecule has 2 aromatic rings. The maximum atomic E-state index is 12.8. The summed E-state index contributed by atoms with van der Waals surface area (Å²) in [6, 6.07) is 15.2. The van der Waals surface area contributed by atoms with Crippen LogP contribution in [0.1, 0.15) is 24.0 Å². The first-order chi connectivity index (χ1) is 15.9. The van der Waals surface area contributed by atoms with Crippen molar-refractivity contribution in [3.63, 3.8) is 0 Å². The molecule has 2 aromatic carbocycles. The van der Waals surface area contributed by atoms with Crippen molar-refractivity contribution in [2.45, 2.75) is 18.9 Å².